The first-order chi connectivity index (χ1) is 12.1. The Kier molecular flexibility index (Phi) is 4.84. The van der Waals surface area contributed by atoms with Gasteiger partial charge in [0.1, 0.15) is 22.8 Å². The molecule has 0 atom stereocenters. The van der Waals surface area contributed by atoms with Crippen molar-refractivity contribution in [3.63, 3.8) is 0 Å². The van der Waals surface area contributed by atoms with E-state index in [2.05, 4.69) is 0 Å². The molecule has 5 heteroatoms. The van der Waals surface area contributed by atoms with Crippen LogP contribution in [0.4, 0.5) is 0 Å². The van der Waals surface area contributed by atoms with Crippen LogP contribution in [0.3, 0.4) is 0 Å². The van der Waals surface area contributed by atoms with Crippen LogP contribution >= 0.6 is 0 Å². The highest BCUT2D eigenvalue weighted by molar-refractivity contribution is 5.91. The maximum atomic E-state index is 12.2. The Labute approximate surface area is 144 Å². The summed E-state index contributed by atoms with van der Waals surface area (Å²) >= 11 is 0. The van der Waals surface area contributed by atoms with Crippen molar-refractivity contribution >= 4 is 16.9 Å². The number of aryl methyl sites for hydroxylation is 1. The molecule has 0 N–H and O–H groups in total. The maximum absolute atomic E-state index is 12.2. The highest BCUT2D eigenvalue weighted by atomic mass is 16.5. The minimum Gasteiger partial charge on any atom is -0.494 e. The Morgan fingerprint density at radius 2 is 1.76 bits per heavy atom. The molecule has 0 fully saturated rings. The average Bonchev–Trinajstić information content (AvgIpc) is 2.61. The first-order valence-electron chi connectivity index (χ1n) is 8.06. The Balaban J connectivity index is 1.78. The molecular formula is C20H18O5. The molecule has 0 amide bonds. The maximum Gasteiger partial charge on any atom is 0.343 e. The molecule has 0 unspecified atom stereocenters. The summed E-state index contributed by atoms with van der Waals surface area (Å²) in [5.41, 5.74) is 0.691. The molecule has 0 bridgehead atoms. The highest BCUT2D eigenvalue weighted by Crippen LogP contribution is 2.21. The Hall–Kier alpha value is -3.08. The summed E-state index contributed by atoms with van der Waals surface area (Å²) in [6, 6.07) is 12.9. The Morgan fingerprint density at radius 3 is 2.48 bits per heavy atom. The number of esters is 1. The largest absolute Gasteiger partial charge is 0.494 e. The third kappa shape index (κ3) is 3.88. The molecule has 0 aliphatic rings. The topological polar surface area (TPSA) is 65.7 Å². The number of benzene rings is 2. The van der Waals surface area contributed by atoms with Crippen LogP contribution in [0, 0.1) is 6.92 Å². The van der Waals surface area contributed by atoms with Gasteiger partial charge in [-0.15, -0.1) is 0 Å². The van der Waals surface area contributed by atoms with Gasteiger partial charge >= 0.3 is 5.97 Å². The average molecular weight is 338 g/mol. The van der Waals surface area contributed by atoms with E-state index in [9.17, 15) is 9.59 Å². The van der Waals surface area contributed by atoms with Crippen LogP contribution in [0.5, 0.6) is 11.5 Å². The molecule has 1 heterocycles. The standard InChI is InChI=1S/C20H18O5/c1-3-10-23-15-6-4-14(5-7-15)20(22)25-16-8-9-19-17(12-16)18(21)11-13(2)24-19/h4-9,11-12H,3,10H2,1-2H3. The van der Waals surface area contributed by atoms with Gasteiger partial charge < -0.3 is 13.9 Å². The van der Waals surface area contributed by atoms with E-state index in [1.807, 2.05) is 6.92 Å². The lowest BCUT2D eigenvalue weighted by molar-refractivity contribution is 0.0735. The van der Waals surface area contributed by atoms with E-state index in [-0.39, 0.29) is 5.43 Å². The molecule has 0 spiro atoms. The van der Waals surface area contributed by atoms with E-state index < -0.39 is 5.97 Å². The monoisotopic (exact) mass is 338 g/mol. The van der Waals surface area contributed by atoms with Gasteiger partial charge in [0.2, 0.25) is 0 Å². The van der Waals surface area contributed by atoms with Crippen molar-refractivity contribution < 1.29 is 18.7 Å². The van der Waals surface area contributed by atoms with Crippen LogP contribution in [0.15, 0.2) is 57.7 Å². The summed E-state index contributed by atoms with van der Waals surface area (Å²) in [4.78, 5) is 24.3. The van der Waals surface area contributed by atoms with E-state index >= 15 is 0 Å². The van der Waals surface area contributed by atoms with Gasteiger partial charge in [-0.3, -0.25) is 4.79 Å². The molecule has 3 aromatic rings. The van der Waals surface area contributed by atoms with Gasteiger partial charge in [0.05, 0.1) is 17.6 Å². The van der Waals surface area contributed by atoms with Crippen molar-refractivity contribution in [1.82, 2.24) is 0 Å². The van der Waals surface area contributed by atoms with E-state index in [1.165, 1.54) is 12.1 Å². The second kappa shape index (κ2) is 7.21. The Bertz CT molecular complexity index is 954. The molecule has 2 aromatic carbocycles. The molecule has 0 aliphatic heterocycles. The van der Waals surface area contributed by atoms with Crippen LogP contribution in [-0.2, 0) is 0 Å². The molecule has 0 saturated heterocycles. The van der Waals surface area contributed by atoms with Gasteiger partial charge in [0, 0.05) is 6.07 Å². The number of ether oxygens (including phenoxy) is 2. The summed E-state index contributed by atoms with van der Waals surface area (Å²) < 4.78 is 16.3. The third-order valence-corrected chi connectivity index (χ3v) is 3.60. The summed E-state index contributed by atoms with van der Waals surface area (Å²) in [7, 11) is 0. The smallest absolute Gasteiger partial charge is 0.343 e. The summed E-state index contributed by atoms with van der Waals surface area (Å²) in [6.45, 7) is 4.36. The SMILES string of the molecule is CCCOc1ccc(C(=O)Oc2ccc3oc(C)cc(=O)c3c2)cc1. The molecule has 5 nitrogen and oxygen atoms in total. The van der Waals surface area contributed by atoms with Crippen LogP contribution < -0.4 is 14.9 Å². The van der Waals surface area contributed by atoms with Crippen LogP contribution in [-0.4, -0.2) is 12.6 Å². The van der Waals surface area contributed by atoms with Crippen molar-refractivity contribution in [2.24, 2.45) is 0 Å². The zero-order valence-electron chi connectivity index (χ0n) is 14.1. The molecule has 3 rings (SSSR count). The lowest BCUT2D eigenvalue weighted by Crippen LogP contribution is -2.09. The zero-order valence-corrected chi connectivity index (χ0v) is 14.1. The van der Waals surface area contributed by atoms with Crippen molar-refractivity contribution in [3.8, 4) is 11.5 Å². The fourth-order valence-corrected chi connectivity index (χ4v) is 2.39. The second-order valence-corrected chi connectivity index (χ2v) is 5.64. The highest BCUT2D eigenvalue weighted by Gasteiger charge is 2.11. The summed E-state index contributed by atoms with van der Waals surface area (Å²) in [6.07, 6.45) is 0.916. The third-order valence-electron chi connectivity index (χ3n) is 3.60. The lowest BCUT2D eigenvalue weighted by Gasteiger charge is -2.07. The number of carbonyl (C=O) groups is 1. The minimum absolute atomic E-state index is 0.172. The molecule has 0 saturated carbocycles. The number of rotatable bonds is 5. The number of hydrogen-bond donors (Lipinski definition) is 0. The van der Waals surface area contributed by atoms with Gasteiger partial charge in [-0.2, -0.15) is 0 Å². The van der Waals surface area contributed by atoms with Crippen molar-refractivity contribution in [2.45, 2.75) is 20.3 Å². The first-order valence-corrected chi connectivity index (χ1v) is 8.06. The predicted molar refractivity (Wildman–Crippen MR) is 94.4 cm³/mol. The second-order valence-electron chi connectivity index (χ2n) is 5.64. The summed E-state index contributed by atoms with van der Waals surface area (Å²) in [5, 5.41) is 0.374. The molecule has 0 aliphatic carbocycles. The van der Waals surface area contributed by atoms with E-state index in [0.29, 0.717) is 40.4 Å². The van der Waals surface area contributed by atoms with Gasteiger partial charge in [0.15, 0.2) is 5.43 Å². The number of hydrogen-bond acceptors (Lipinski definition) is 5. The Morgan fingerprint density at radius 1 is 1.04 bits per heavy atom. The number of fused-ring (bicyclic) bond motifs is 1. The van der Waals surface area contributed by atoms with E-state index in [4.69, 9.17) is 13.9 Å². The zero-order chi connectivity index (χ0) is 17.8. The van der Waals surface area contributed by atoms with E-state index in [1.54, 1.807) is 43.3 Å². The lowest BCUT2D eigenvalue weighted by atomic mass is 10.2. The molecule has 128 valence electrons. The fraction of sp³-hybridized carbons (Fsp3) is 0.200. The molecule has 0 radical (unpaired) electrons. The van der Waals surface area contributed by atoms with Gasteiger partial charge in [-0.05, 0) is 55.8 Å². The van der Waals surface area contributed by atoms with Crippen molar-refractivity contribution in [2.75, 3.05) is 6.61 Å². The summed E-state index contributed by atoms with van der Waals surface area (Å²) in [5.74, 6) is 1.03. The van der Waals surface area contributed by atoms with Crippen LogP contribution in [0.25, 0.3) is 11.0 Å². The van der Waals surface area contributed by atoms with Crippen molar-refractivity contribution in [1.29, 1.82) is 0 Å². The van der Waals surface area contributed by atoms with Crippen LogP contribution in [0.2, 0.25) is 0 Å². The quantitative estimate of drug-likeness (QED) is 0.517. The van der Waals surface area contributed by atoms with Gasteiger partial charge in [-0.1, -0.05) is 6.92 Å². The first kappa shape index (κ1) is 16.8. The van der Waals surface area contributed by atoms with E-state index in [0.717, 1.165) is 6.42 Å². The van der Waals surface area contributed by atoms with Gasteiger partial charge in [-0.25, -0.2) is 4.79 Å². The molecular weight excluding hydrogens is 320 g/mol. The molecule has 1 aromatic heterocycles. The van der Waals surface area contributed by atoms with Crippen molar-refractivity contribution in [3.05, 3.63) is 70.1 Å². The van der Waals surface area contributed by atoms with Crippen LogP contribution in [0.1, 0.15) is 29.5 Å². The number of carbonyl (C=O) groups excluding carboxylic acids is 1. The fourth-order valence-electron chi connectivity index (χ4n) is 2.39. The predicted octanol–water partition coefficient (Wildman–Crippen LogP) is 4.11. The van der Waals surface area contributed by atoms with Gasteiger partial charge in [0.25, 0.3) is 0 Å². The molecule has 25 heavy (non-hydrogen) atoms. The minimum atomic E-state index is -0.502. The normalized spacial score (nSPS) is 10.6.